The highest BCUT2D eigenvalue weighted by atomic mass is 16.6. The number of esters is 2. The van der Waals surface area contributed by atoms with E-state index in [1.165, 1.54) is 0 Å². The number of likely N-dealkylation sites (tertiary alicyclic amines) is 2. The lowest BCUT2D eigenvalue weighted by Crippen LogP contribution is -2.50. The molecule has 0 bridgehead atoms. The number of rotatable bonds is 8. The molecule has 2 saturated heterocycles. The van der Waals surface area contributed by atoms with Crippen LogP contribution in [0.15, 0.2) is 9.98 Å². The van der Waals surface area contributed by atoms with Gasteiger partial charge in [0.1, 0.15) is 22.4 Å². The Balaban J connectivity index is 1.88. The maximum Gasteiger partial charge on any atom is 0.437 e. The predicted molar refractivity (Wildman–Crippen MR) is 210 cm³/mol. The van der Waals surface area contributed by atoms with Crippen LogP contribution in [0.3, 0.4) is 0 Å². The summed E-state index contributed by atoms with van der Waals surface area (Å²) in [6.07, 6.45) is -0.177. The Morgan fingerprint density at radius 3 is 1.19 bits per heavy atom. The van der Waals surface area contributed by atoms with Gasteiger partial charge in [0.25, 0.3) is 0 Å². The van der Waals surface area contributed by atoms with E-state index in [9.17, 15) is 28.8 Å². The van der Waals surface area contributed by atoms with Crippen molar-refractivity contribution >= 4 is 48.2 Å². The van der Waals surface area contributed by atoms with Crippen molar-refractivity contribution in [3.05, 3.63) is 0 Å². The molecule has 0 aromatic heterocycles. The van der Waals surface area contributed by atoms with Crippen LogP contribution in [0, 0.1) is 11.8 Å². The Hall–Kier alpha value is -4.64. The zero-order valence-electron chi connectivity index (χ0n) is 36.0. The highest BCUT2D eigenvalue weighted by Gasteiger charge is 2.30. The number of amides is 4. The van der Waals surface area contributed by atoms with Gasteiger partial charge in [-0.25, -0.2) is 19.2 Å². The lowest BCUT2D eigenvalue weighted by molar-refractivity contribution is -0.147. The van der Waals surface area contributed by atoms with Crippen molar-refractivity contribution in [3.63, 3.8) is 0 Å². The van der Waals surface area contributed by atoms with E-state index in [0.717, 1.165) is 12.8 Å². The third-order valence-corrected chi connectivity index (χ3v) is 7.77. The minimum absolute atomic E-state index is 0.00904. The third kappa shape index (κ3) is 22.0. The quantitative estimate of drug-likeness (QED) is 0.119. The molecular formula is C39H66N6O12. The van der Waals surface area contributed by atoms with E-state index >= 15 is 0 Å². The van der Waals surface area contributed by atoms with Gasteiger partial charge in [0.2, 0.25) is 11.9 Å². The van der Waals surface area contributed by atoms with Crippen molar-refractivity contribution in [2.45, 2.75) is 150 Å². The van der Waals surface area contributed by atoms with Gasteiger partial charge in [-0.1, -0.05) is 0 Å². The Labute approximate surface area is 337 Å². The summed E-state index contributed by atoms with van der Waals surface area (Å²) in [6.45, 7) is 22.5. The van der Waals surface area contributed by atoms with Crippen molar-refractivity contribution in [2.75, 3.05) is 39.4 Å². The van der Waals surface area contributed by atoms with Crippen LogP contribution in [0.25, 0.3) is 0 Å². The first-order chi connectivity index (χ1) is 26.2. The van der Waals surface area contributed by atoms with Gasteiger partial charge < -0.3 is 38.2 Å². The number of nitrogens with zero attached hydrogens (tertiary/aromatic N) is 4. The van der Waals surface area contributed by atoms with Crippen LogP contribution in [0.2, 0.25) is 0 Å². The second-order valence-corrected chi connectivity index (χ2v) is 18.2. The van der Waals surface area contributed by atoms with Crippen LogP contribution in [-0.2, 0) is 38.0 Å². The van der Waals surface area contributed by atoms with Crippen LogP contribution in [-0.4, -0.2) is 120 Å². The molecule has 2 aliphatic heterocycles. The van der Waals surface area contributed by atoms with Crippen LogP contribution in [0.5, 0.6) is 0 Å². The first-order valence-electron chi connectivity index (χ1n) is 19.6. The third-order valence-electron chi connectivity index (χ3n) is 7.77. The molecule has 0 aromatic carbocycles. The number of nitrogens with one attached hydrogen (secondary N) is 2. The van der Waals surface area contributed by atoms with Crippen LogP contribution in [0.1, 0.15) is 128 Å². The molecule has 2 unspecified atom stereocenters. The van der Waals surface area contributed by atoms with Crippen molar-refractivity contribution in [2.24, 2.45) is 21.8 Å². The summed E-state index contributed by atoms with van der Waals surface area (Å²) < 4.78 is 32.4. The summed E-state index contributed by atoms with van der Waals surface area (Å²) in [5.41, 5.74) is -3.13. The summed E-state index contributed by atoms with van der Waals surface area (Å²) in [5, 5.41) is 5.13. The second kappa shape index (κ2) is 21.2. The van der Waals surface area contributed by atoms with E-state index in [1.54, 1.807) is 92.9 Å². The molecule has 324 valence electrons. The van der Waals surface area contributed by atoms with Gasteiger partial charge in [0.05, 0.1) is 13.2 Å². The van der Waals surface area contributed by atoms with E-state index in [0.29, 0.717) is 39.0 Å². The molecule has 2 N–H and O–H groups in total. The molecule has 2 atom stereocenters. The number of hydrogen-bond donors (Lipinski definition) is 2. The number of carbonyl (C=O) groups is 6. The molecule has 4 amide bonds. The number of piperidine rings is 2. The van der Waals surface area contributed by atoms with Gasteiger partial charge >= 0.3 is 36.3 Å². The minimum Gasteiger partial charge on any atom is -0.465 e. The monoisotopic (exact) mass is 810 g/mol. The SMILES string of the molecule is CC(C)(C)OC(=O)N=C(NC(=O)OC(C)(C)C)N1CCCC(COC(=O)CCCC(=O)OCC2CCCN(C(=NC(=O)OC(C)(C)C)NC(=O)OC(C)(C)C)C2)C1. The zero-order chi connectivity index (χ0) is 43.2. The van der Waals surface area contributed by atoms with Crippen LogP contribution >= 0.6 is 0 Å². The van der Waals surface area contributed by atoms with Gasteiger partial charge in [-0.05, 0) is 115 Å². The molecule has 0 radical (unpaired) electrons. The van der Waals surface area contributed by atoms with Gasteiger partial charge in [0, 0.05) is 50.9 Å². The normalized spacial score (nSPS) is 18.5. The number of guanidine groups is 2. The molecule has 2 heterocycles. The maximum atomic E-state index is 12.6. The van der Waals surface area contributed by atoms with Crippen molar-refractivity contribution in [1.29, 1.82) is 0 Å². The first kappa shape index (κ1) is 48.5. The summed E-state index contributed by atoms with van der Waals surface area (Å²) in [4.78, 5) is 87.0. The molecule has 0 aromatic rings. The molecule has 2 aliphatic rings. The highest BCUT2D eigenvalue weighted by molar-refractivity contribution is 5.99. The molecule has 18 nitrogen and oxygen atoms in total. The average Bonchev–Trinajstić information content (AvgIpc) is 3.02. The summed E-state index contributed by atoms with van der Waals surface area (Å²) >= 11 is 0. The van der Waals surface area contributed by atoms with Crippen molar-refractivity contribution in [1.82, 2.24) is 20.4 Å². The van der Waals surface area contributed by atoms with E-state index in [-0.39, 0.29) is 56.2 Å². The van der Waals surface area contributed by atoms with E-state index in [1.807, 2.05) is 0 Å². The van der Waals surface area contributed by atoms with Crippen LogP contribution < -0.4 is 10.6 Å². The van der Waals surface area contributed by atoms with E-state index in [4.69, 9.17) is 28.4 Å². The second-order valence-electron chi connectivity index (χ2n) is 18.2. The fourth-order valence-electron chi connectivity index (χ4n) is 5.62. The zero-order valence-corrected chi connectivity index (χ0v) is 36.0. The van der Waals surface area contributed by atoms with Gasteiger partial charge in [-0.15, -0.1) is 9.98 Å². The largest absolute Gasteiger partial charge is 0.465 e. The number of hydrogen-bond acceptors (Lipinski definition) is 12. The summed E-state index contributed by atoms with van der Waals surface area (Å²) in [5.74, 6) is -1.18. The molecule has 18 heteroatoms. The van der Waals surface area contributed by atoms with Gasteiger partial charge in [-0.3, -0.25) is 20.2 Å². The molecule has 2 fully saturated rings. The smallest absolute Gasteiger partial charge is 0.437 e. The molecule has 2 rings (SSSR count). The predicted octanol–water partition coefficient (Wildman–Crippen LogP) is 6.30. The molecule has 0 aliphatic carbocycles. The Morgan fingerprint density at radius 2 is 0.877 bits per heavy atom. The standard InChI is InChI=1S/C39H66N6O12/c1-36(2,3)54-32(48)40-30(41-33(49)55-37(4,5)6)44-20-14-16-26(22-44)24-52-28(46)18-13-19-29(47)53-25-27-17-15-21-45(23-27)31(42-34(50)56-38(7,8)9)43-35(51)57-39(10,11)12/h26-27H,13-25H2,1-12H3,(H,40,41,48,49)(H,42,43,50,51). The number of carbonyl (C=O) groups excluding carboxylic acids is 6. The van der Waals surface area contributed by atoms with Crippen LogP contribution in [0.4, 0.5) is 19.2 Å². The van der Waals surface area contributed by atoms with Crippen molar-refractivity contribution in [3.8, 4) is 0 Å². The van der Waals surface area contributed by atoms with E-state index in [2.05, 4.69) is 20.6 Å². The van der Waals surface area contributed by atoms with Crippen molar-refractivity contribution < 1.29 is 57.2 Å². The Bertz CT molecular complexity index is 1360. The fraction of sp³-hybridized carbons (Fsp3) is 0.795. The summed E-state index contributed by atoms with van der Waals surface area (Å²) in [6, 6.07) is 0. The molecule has 0 saturated carbocycles. The fourth-order valence-corrected chi connectivity index (χ4v) is 5.62. The summed E-state index contributed by atoms with van der Waals surface area (Å²) in [7, 11) is 0. The van der Waals surface area contributed by atoms with Gasteiger partial charge in [-0.2, -0.15) is 0 Å². The lowest BCUT2D eigenvalue weighted by atomic mass is 9.99. The Kier molecular flexibility index (Phi) is 18.1. The Morgan fingerprint density at radius 1 is 0.544 bits per heavy atom. The molecule has 0 spiro atoms. The minimum atomic E-state index is -0.868. The maximum absolute atomic E-state index is 12.6. The lowest BCUT2D eigenvalue weighted by Gasteiger charge is -2.34. The topological polar surface area (TPSA) is 213 Å². The van der Waals surface area contributed by atoms with E-state index < -0.39 is 58.7 Å². The average molecular weight is 811 g/mol. The number of ether oxygens (including phenoxy) is 6. The first-order valence-corrected chi connectivity index (χ1v) is 19.6. The van der Waals surface area contributed by atoms with Gasteiger partial charge in [0.15, 0.2) is 0 Å². The number of aliphatic imine (C=N–C) groups is 2. The molecular weight excluding hydrogens is 744 g/mol. The highest BCUT2D eigenvalue weighted by Crippen LogP contribution is 2.21. The molecule has 57 heavy (non-hydrogen) atoms. The number of alkyl carbamates (subject to hydrolysis) is 2.